The Hall–Kier alpha value is -6.33. The van der Waals surface area contributed by atoms with Gasteiger partial charge in [0.05, 0.1) is 34.0 Å². The average molecular weight is 620 g/mol. The summed E-state index contributed by atoms with van der Waals surface area (Å²) in [4.78, 5) is 16.6. The fraction of sp³-hybridized carbons (Fsp3) is 0.0465. The van der Waals surface area contributed by atoms with E-state index in [1.165, 1.54) is 11.1 Å². The molecule has 0 unspecified atom stereocenters. The van der Waals surface area contributed by atoms with Crippen molar-refractivity contribution in [3.05, 3.63) is 157 Å². The third-order valence-electron chi connectivity index (χ3n) is 9.04. The molecule has 7 aromatic rings. The van der Waals surface area contributed by atoms with Gasteiger partial charge in [-0.2, -0.15) is 0 Å². The van der Waals surface area contributed by atoms with Gasteiger partial charge in [0, 0.05) is 40.5 Å². The highest BCUT2D eigenvalue weighted by Crippen LogP contribution is 2.48. The van der Waals surface area contributed by atoms with Crippen molar-refractivity contribution < 1.29 is 0 Å². The van der Waals surface area contributed by atoms with Crippen molar-refractivity contribution in [2.24, 2.45) is 4.99 Å². The molecular formula is C43H33N5. The predicted molar refractivity (Wildman–Crippen MR) is 201 cm³/mol. The van der Waals surface area contributed by atoms with E-state index < -0.39 is 0 Å². The molecule has 5 nitrogen and oxygen atoms in total. The van der Waals surface area contributed by atoms with Crippen LogP contribution >= 0.6 is 0 Å². The number of aromatic nitrogens is 3. The fourth-order valence-electron chi connectivity index (χ4n) is 6.82. The van der Waals surface area contributed by atoms with Gasteiger partial charge >= 0.3 is 0 Å². The molecule has 0 saturated carbocycles. The monoisotopic (exact) mass is 619 g/mol. The number of nitrogens with zero attached hydrogens (tertiary/aromatic N) is 5. The number of allylic oxidation sites excluding steroid dienone is 1. The lowest BCUT2D eigenvalue weighted by Gasteiger charge is -2.34. The average Bonchev–Trinajstić information content (AvgIpc) is 3.52. The number of hydrogen-bond acceptors (Lipinski definition) is 4. The Morgan fingerprint density at radius 1 is 0.771 bits per heavy atom. The van der Waals surface area contributed by atoms with E-state index in [9.17, 15) is 0 Å². The number of rotatable bonds is 7. The second-order valence-corrected chi connectivity index (χ2v) is 11.8. The van der Waals surface area contributed by atoms with Crippen LogP contribution < -0.4 is 4.90 Å². The molecule has 2 aromatic heterocycles. The molecule has 1 aliphatic heterocycles. The Balaban J connectivity index is 1.26. The molecule has 3 heterocycles. The lowest BCUT2D eigenvalue weighted by atomic mass is 9.88. The van der Waals surface area contributed by atoms with Crippen LogP contribution in [0.2, 0.25) is 0 Å². The molecular weight excluding hydrogens is 587 g/mol. The topological polar surface area (TPSA) is 46.3 Å². The molecule has 0 atom stereocenters. The van der Waals surface area contributed by atoms with Gasteiger partial charge in [-0.1, -0.05) is 97.6 Å². The number of imidazole rings is 1. The second kappa shape index (κ2) is 12.1. The molecule has 5 aromatic carbocycles. The maximum atomic E-state index is 5.03. The molecule has 0 N–H and O–H groups in total. The number of hydrogen-bond donors (Lipinski definition) is 0. The van der Waals surface area contributed by atoms with Crippen LogP contribution in [0.3, 0.4) is 0 Å². The minimum Gasteiger partial charge on any atom is -0.335 e. The maximum Gasteiger partial charge on any atom is 0.145 e. The lowest BCUT2D eigenvalue weighted by Crippen LogP contribution is -2.22. The van der Waals surface area contributed by atoms with E-state index in [-0.39, 0.29) is 0 Å². The van der Waals surface area contributed by atoms with Crippen LogP contribution in [0.1, 0.15) is 23.9 Å². The van der Waals surface area contributed by atoms with Gasteiger partial charge < -0.3 is 4.90 Å². The third-order valence-corrected chi connectivity index (χ3v) is 9.04. The zero-order chi connectivity index (χ0) is 32.6. The van der Waals surface area contributed by atoms with Crippen LogP contribution in [0, 0.1) is 0 Å². The van der Waals surface area contributed by atoms with E-state index in [1.807, 2.05) is 49.5 Å². The van der Waals surface area contributed by atoms with E-state index in [2.05, 4.69) is 131 Å². The number of fused-ring (bicyclic) bond motifs is 5. The third kappa shape index (κ3) is 4.84. The van der Waals surface area contributed by atoms with Gasteiger partial charge in [0.1, 0.15) is 5.82 Å². The number of para-hydroxylation sites is 3. The van der Waals surface area contributed by atoms with E-state index in [1.54, 1.807) is 0 Å². The van der Waals surface area contributed by atoms with Gasteiger partial charge in [0.2, 0.25) is 0 Å². The van der Waals surface area contributed by atoms with E-state index in [0.717, 1.165) is 73.1 Å². The first-order valence-corrected chi connectivity index (χ1v) is 16.1. The Morgan fingerprint density at radius 3 is 2.33 bits per heavy atom. The van der Waals surface area contributed by atoms with E-state index in [4.69, 9.17) is 9.97 Å². The van der Waals surface area contributed by atoms with Crippen molar-refractivity contribution in [1.82, 2.24) is 14.5 Å². The first-order valence-electron chi connectivity index (χ1n) is 16.1. The Kier molecular flexibility index (Phi) is 7.35. The van der Waals surface area contributed by atoms with E-state index in [0.29, 0.717) is 6.54 Å². The summed E-state index contributed by atoms with van der Waals surface area (Å²) in [5.74, 6) is 0.872. The van der Waals surface area contributed by atoms with Crippen LogP contribution in [-0.4, -0.2) is 21.3 Å². The summed E-state index contributed by atoms with van der Waals surface area (Å²) in [6, 6.07) is 42.5. The minimum atomic E-state index is 0.700. The Morgan fingerprint density at radius 2 is 1.54 bits per heavy atom. The van der Waals surface area contributed by atoms with Crippen molar-refractivity contribution >= 4 is 46.8 Å². The molecule has 48 heavy (non-hydrogen) atoms. The van der Waals surface area contributed by atoms with Gasteiger partial charge in [-0.25, -0.2) is 4.98 Å². The summed E-state index contributed by atoms with van der Waals surface area (Å²) < 4.78 is 2.20. The molecule has 0 amide bonds. The first kappa shape index (κ1) is 29.1. The van der Waals surface area contributed by atoms with Crippen LogP contribution in [0.25, 0.3) is 62.4 Å². The van der Waals surface area contributed by atoms with Crippen LogP contribution in [-0.2, 0) is 6.54 Å². The zero-order valence-electron chi connectivity index (χ0n) is 26.7. The molecule has 0 fully saturated rings. The smallest absolute Gasteiger partial charge is 0.145 e. The van der Waals surface area contributed by atoms with E-state index >= 15 is 0 Å². The number of aliphatic imine (C=N–C) groups is 1. The van der Waals surface area contributed by atoms with Gasteiger partial charge in [-0.05, 0) is 78.9 Å². The van der Waals surface area contributed by atoms with Crippen molar-refractivity contribution in [3.63, 3.8) is 0 Å². The molecule has 230 valence electrons. The highest BCUT2D eigenvalue weighted by atomic mass is 15.2. The fourth-order valence-corrected chi connectivity index (χ4v) is 6.82. The summed E-state index contributed by atoms with van der Waals surface area (Å²) in [6.07, 6.45) is 7.83. The molecule has 0 saturated heterocycles. The first-order chi connectivity index (χ1) is 23.7. The molecule has 1 aliphatic rings. The molecule has 5 heteroatoms. The Labute approximate surface area is 280 Å². The van der Waals surface area contributed by atoms with Gasteiger partial charge in [0.15, 0.2) is 0 Å². The molecule has 0 bridgehead atoms. The highest BCUT2D eigenvalue weighted by molar-refractivity contribution is 6.02. The second-order valence-electron chi connectivity index (χ2n) is 11.8. The largest absolute Gasteiger partial charge is 0.335 e. The van der Waals surface area contributed by atoms with Gasteiger partial charge in [-0.15, -0.1) is 0 Å². The van der Waals surface area contributed by atoms with Crippen LogP contribution in [0.15, 0.2) is 145 Å². The summed E-state index contributed by atoms with van der Waals surface area (Å²) in [5, 5.41) is 1.13. The summed E-state index contributed by atoms with van der Waals surface area (Å²) >= 11 is 0. The molecule has 0 radical (unpaired) electrons. The standard InChI is InChI=1S/C43H33N5/c1-4-12-39-36(5-2)46-43(48(39)34-14-7-6-8-15-34)31-21-18-29(19-22-31)32-24-25-35-40(27-32)47(38-17-10-9-16-37(38)44-3)28-33-23-20-30-13-11-26-45-42(30)41(33)35/h4-27H,2-3,28H2,1H3/b12-4-. The summed E-state index contributed by atoms with van der Waals surface area (Å²) in [7, 11) is 0. The van der Waals surface area contributed by atoms with Crippen molar-refractivity contribution in [3.8, 4) is 39.3 Å². The van der Waals surface area contributed by atoms with Crippen molar-refractivity contribution in [1.29, 1.82) is 0 Å². The highest BCUT2D eigenvalue weighted by Gasteiger charge is 2.27. The Bertz CT molecular complexity index is 2360. The minimum absolute atomic E-state index is 0.700. The summed E-state index contributed by atoms with van der Waals surface area (Å²) in [5.41, 5.74) is 13.8. The van der Waals surface area contributed by atoms with Crippen molar-refractivity contribution in [2.75, 3.05) is 4.90 Å². The molecule has 0 aliphatic carbocycles. The lowest BCUT2D eigenvalue weighted by molar-refractivity contribution is 0.963. The number of pyridine rings is 1. The van der Waals surface area contributed by atoms with Crippen LogP contribution in [0.5, 0.6) is 0 Å². The van der Waals surface area contributed by atoms with Gasteiger partial charge in [-0.3, -0.25) is 14.5 Å². The SMILES string of the molecule is C=Cc1nc(-c2ccc(-c3ccc4c(c3)N(c3ccccc3N=C)Cc3ccc5cccnc5c3-4)cc2)n(-c2ccccc2)c1/C=C\C. The normalized spacial score (nSPS) is 12.2. The molecule has 8 rings (SSSR count). The van der Waals surface area contributed by atoms with Crippen LogP contribution in [0.4, 0.5) is 17.1 Å². The quantitative estimate of drug-likeness (QED) is 0.167. The van der Waals surface area contributed by atoms with Gasteiger partial charge in [0.25, 0.3) is 0 Å². The molecule has 0 spiro atoms. The van der Waals surface area contributed by atoms with Crippen molar-refractivity contribution in [2.45, 2.75) is 13.5 Å². The number of anilines is 2. The summed E-state index contributed by atoms with van der Waals surface area (Å²) in [6.45, 7) is 10.6. The predicted octanol–water partition coefficient (Wildman–Crippen LogP) is 11.1. The number of benzene rings is 5. The maximum absolute atomic E-state index is 5.03. The zero-order valence-corrected chi connectivity index (χ0v) is 26.7.